The topological polar surface area (TPSA) is 17.1 Å². The van der Waals surface area contributed by atoms with Gasteiger partial charge in [-0.3, -0.25) is 4.79 Å². The lowest BCUT2D eigenvalue weighted by Crippen LogP contribution is -1.93. The number of aldehydes is 1. The first kappa shape index (κ1) is 8.98. The molecule has 0 aliphatic heterocycles. The Morgan fingerprint density at radius 2 is 1.75 bits per heavy atom. The number of rotatable bonds is 2. The van der Waals surface area contributed by atoms with Gasteiger partial charge in [0.05, 0.1) is 0 Å². The standard InChI is InChI=1S/C11H14O/c1-4-11-8(2)5-10(7-12)6-9(11)3/h5-7H,4H2,1-3H3. The van der Waals surface area contributed by atoms with E-state index in [-0.39, 0.29) is 0 Å². The molecule has 0 fully saturated rings. The van der Waals surface area contributed by atoms with Crippen LogP contribution in [0.3, 0.4) is 0 Å². The molecule has 0 amide bonds. The fourth-order valence-corrected chi connectivity index (χ4v) is 1.65. The van der Waals surface area contributed by atoms with Crippen LogP contribution in [0.15, 0.2) is 12.1 Å². The number of hydrogen-bond acceptors (Lipinski definition) is 1. The van der Waals surface area contributed by atoms with Crippen molar-refractivity contribution in [1.82, 2.24) is 0 Å². The molecule has 0 aliphatic carbocycles. The fourth-order valence-electron chi connectivity index (χ4n) is 1.65. The third-order valence-electron chi connectivity index (χ3n) is 2.21. The summed E-state index contributed by atoms with van der Waals surface area (Å²) in [6.07, 6.45) is 1.94. The van der Waals surface area contributed by atoms with Crippen molar-refractivity contribution in [2.45, 2.75) is 27.2 Å². The van der Waals surface area contributed by atoms with Crippen LogP contribution >= 0.6 is 0 Å². The molecule has 1 aromatic rings. The van der Waals surface area contributed by atoms with Crippen molar-refractivity contribution < 1.29 is 4.79 Å². The van der Waals surface area contributed by atoms with Crippen LogP contribution in [0, 0.1) is 13.8 Å². The SMILES string of the molecule is CCc1c(C)cc(C=O)cc1C. The molecule has 0 radical (unpaired) electrons. The van der Waals surface area contributed by atoms with E-state index < -0.39 is 0 Å². The molecule has 1 heteroatoms. The molecule has 1 rings (SSSR count). The number of carbonyl (C=O) groups excluding carboxylic acids is 1. The Hall–Kier alpha value is -1.11. The summed E-state index contributed by atoms with van der Waals surface area (Å²) in [5, 5.41) is 0. The van der Waals surface area contributed by atoms with Crippen LogP contribution in [-0.4, -0.2) is 6.29 Å². The molecule has 0 atom stereocenters. The molecule has 64 valence electrons. The molecule has 1 nitrogen and oxygen atoms in total. The number of carbonyl (C=O) groups is 1. The van der Waals surface area contributed by atoms with Gasteiger partial charge in [-0.05, 0) is 49.1 Å². The number of hydrogen-bond donors (Lipinski definition) is 0. The molecule has 1 aromatic carbocycles. The Morgan fingerprint density at radius 1 is 1.25 bits per heavy atom. The van der Waals surface area contributed by atoms with E-state index in [1.807, 2.05) is 12.1 Å². The predicted molar refractivity (Wildman–Crippen MR) is 50.7 cm³/mol. The number of benzene rings is 1. The van der Waals surface area contributed by atoms with Crippen molar-refractivity contribution in [2.24, 2.45) is 0 Å². The fraction of sp³-hybridized carbons (Fsp3) is 0.364. The van der Waals surface area contributed by atoms with Crippen molar-refractivity contribution in [3.8, 4) is 0 Å². The van der Waals surface area contributed by atoms with Gasteiger partial charge in [0, 0.05) is 5.56 Å². The van der Waals surface area contributed by atoms with E-state index in [1.165, 1.54) is 16.7 Å². The van der Waals surface area contributed by atoms with Crippen LogP contribution in [0.2, 0.25) is 0 Å². The lowest BCUT2D eigenvalue weighted by atomic mass is 9.98. The Balaban J connectivity index is 3.27. The minimum absolute atomic E-state index is 0.780. The maximum absolute atomic E-state index is 10.5. The minimum Gasteiger partial charge on any atom is -0.298 e. The third kappa shape index (κ3) is 1.55. The Morgan fingerprint density at radius 3 is 2.08 bits per heavy atom. The van der Waals surface area contributed by atoms with Gasteiger partial charge in [0.25, 0.3) is 0 Å². The summed E-state index contributed by atoms with van der Waals surface area (Å²) in [7, 11) is 0. The molecule has 0 saturated heterocycles. The quantitative estimate of drug-likeness (QED) is 0.611. The first-order valence-corrected chi connectivity index (χ1v) is 4.24. The number of aryl methyl sites for hydroxylation is 2. The van der Waals surface area contributed by atoms with Crippen LogP contribution in [0.5, 0.6) is 0 Å². The summed E-state index contributed by atoms with van der Waals surface area (Å²) in [6.45, 7) is 6.24. The van der Waals surface area contributed by atoms with Gasteiger partial charge in [-0.15, -0.1) is 0 Å². The average Bonchev–Trinajstić information content (AvgIpc) is 2.03. The molecule has 0 spiro atoms. The summed E-state index contributed by atoms with van der Waals surface area (Å²) in [5.41, 5.74) is 4.59. The lowest BCUT2D eigenvalue weighted by Gasteiger charge is -2.07. The molecular formula is C11H14O. The zero-order valence-electron chi connectivity index (χ0n) is 7.85. The van der Waals surface area contributed by atoms with E-state index in [2.05, 4.69) is 20.8 Å². The molecular weight excluding hydrogens is 148 g/mol. The highest BCUT2D eigenvalue weighted by Gasteiger charge is 2.01. The van der Waals surface area contributed by atoms with Crippen LogP contribution in [0.4, 0.5) is 0 Å². The average molecular weight is 162 g/mol. The van der Waals surface area contributed by atoms with Crippen molar-refractivity contribution >= 4 is 6.29 Å². The predicted octanol–water partition coefficient (Wildman–Crippen LogP) is 2.68. The van der Waals surface area contributed by atoms with Crippen LogP contribution in [-0.2, 0) is 6.42 Å². The van der Waals surface area contributed by atoms with Crippen molar-refractivity contribution in [2.75, 3.05) is 0 Å². The van der Waals surface area contributed by atoms with Crippen LogP contribution in [0.25, 0.3) is 0 Å². The first-order valence-electron chi connectivity index (χ1n) is 4.24. The van der Waals surface area contributed by atoms with E-state index in [0.29, 0.717) is 0 Å². The van der Waals surface area contributed by atoms with Gasteiger partial charge in [-0.25, -0.2) is 0 Å². The van der Waals surface area contributed by atoms with E-state index in [0.717, 1.165) is 18.3 Å². The van der Waals surface area contributed by atoms with E-state index in [4.69, 9.17) is 0 Å². The van der Waals surface area contributed by atoms with Gasteiger partial charge in [0.2, 0.25) is 0 Å². The molecule has 12 heavy (non-hydrogen) atoms. The Kier molecular flexibility index (Phi) is 2.64. The molecule has 0 saturated carbocycles. The van der Waals surface area contributed by atoms with Gasteiger partial charge in [0.1, 0.15) is 6.29 Å². The summed E-state index contributed by atoms with van der Waals surface area (Å²) in [6, 6.07) is 3.89. The maximum Gasteiger partial charge on any atom is 0.150 e. The monoisotopic (exact) mass is 162 g/mol. The summed E-state index contributed by atoms with van der Waals surface area (Å²) in [4.78, 5) is 10.5. The molecule has 0 bridgehead atoms. The van der Waals surface area contributed by atoms with Crippen molar-refractivity contribution in [3.63, 3.8) is 0 Å². The molecule has 0 aliphatic rings. The first-order chi connectivity index (χ1) is 5.69. The molecule has 0 N–H and O–H groups in total. The molecule has 0 unspecified atom stereocenters. The minimum atomic E-state index is 0.780. The highest BCUT2D eigenvalue weighted by molar-refractivity contribution is 5.75. The largest absolute Gasteiger partial charge is 0.298 e. The second kappa shape index (κ2) is 3.53. The molecule has 0 aromatic heterocycles. The van der Waals surface area contributed by atoms with Crippen LogP contribution in [0.1, 0.15) is 34.0 Å². The van der Waals surface area contributed by atoms with E-state index in [9.17, 15) is 4.79 Å². The molecule has 0 heterocycles. The van der Waals surface area contributed by atoms with Crippen molar-refractivity contribution in [3.05, 3.63) is 34.4 Å². The van der Waals surface area contributed by atoms with E-state index in [1.54, 1.807) is 0 Å². The van der Waals surface area contributed by atoms with Gasteiger partial charge in [0.15, 0.2) is 0 Å². The van der Waals surface area contributed by atoms with E-state index >= 15 is 0 Å². The van der Waals surface area contributed by atoms with Gasteiger partial charge < -0.3 is 0 Å². The van der Waals surface area contributed by atoms with Crippen LogP contribution < -0.4 is 0 Å². The summed E-state index contributed by atoms with van der Waals surface area (Å²) < 4.78 is 0. The smallest absolute Gasteiger partial charge is 0.150 e. The third-order valence-corrected chi connectivity index (χ3v) is 2.21. The Labute approximate surface area is 73.4 Å². The lowest BCUT2D eigenvalue weighted by molar-refractivity contribution is 0.112. The van der Waals surface area contributed by atoms with Gasteiger partial charge in [-0.1, -0.05) is 6.92 Å². The second-order valence-corrected chi connectivity index (χ2v) is 3.10. The second-order valence-electron chi connectivity index (χ2n) is 3.10. The summed E-state index contributed by atoms with van der Waals surface area (Å²) in [5.74, 6) is 0. The normalized spacial score (nSPS) is 9.92. The van der Waals surface area contributed by atoms with Gasteiger partial charge in [-0.2, -0.15) is 0 Å². The Bertz CT molecular complexity index is 277. The highest BCUT2D eigenvalue weighted by Crippen LogP contribution is 2.15. The summed E-state index contributed by atoms with van der Waals surface area (Å²) >= 11 is 0. The highest BCUT2D eigenvalue weighted by atomic mass is 16.1. The maximum atomic E-state index is 10.5. The zero-order chi connectivity index (χ0) is 9.14. The van der Waals surface area contributed by atoms with Crippen molar-refractivity contribution in [1.29, 1.82) is 0 Å². The van der Waals surface area contributed by atoms with Gasteiger partial charge >= 0.3 is 0 Å². The zero-order valence-corrected chi connectivity index (χ0v) is 7.85.